The molecular formula is C24H14Cl3N3O4S. The van der Waals surface area contributed by atoms with Crippen LogP contribution in [0.25, 0.3) is 10.1 Å². The molecule has 35 heavy (non-hydrogen) atoms. The van der Waals surface area contributed by atoms with Gasteiger partial charge in [0.2, 0.25) is 0 Å². The molecule has 0 bridgehead atoms. The lowest BCUT2D eigenvalue weighted by molar-refractivity contribution is -0.136. The first-order valence-corrected chi connectivity index (χ1v) is 11.9. The van der Waals surface area contributed by atoms with Crippen molar-refractivity contribution in [2.45, 2.75) is 0 Å². The highest BCUT2D eigenvalue weighted by Gasteiger charge is 2.20. The number of thiophene rings is 1. The Bertz CT molecular complexity index is 1490. The number of hydrogen-bond donors (Lipinski definition) is 2. The Morgan fingerprint density at radius 1 is 0.886 bits per heavy atom. The normalized spacial score (nSPS) is 10.9. The number of ether oxygens (including phenoxy) is 1. The van der Waals surface area contributed by atoms with Gasteiger partial charge in [0, 0.05) is 21.3 Å². The zero-order chi connectivity index (χ0) is 24.9. The van der Waals surface area contributed by atoms with E-state index in [-0.39, 0.29) is 15.6 Å². The average Bonchev–Trinajstić information content (AvgIpc) is 3.19. The molecule has 0 atom stereocenters. The summed E-state index contributed by atoms with van der Waals surface area (Å²) in [5.74, 6) is -2.40. The maximum absolute atomic E-state index is 12.8. The molecule has 2 amide bonds. The number of amides is 2. The van der Waals surface area contributed by atoms with Gasteiger partial charge in [-0.25, -0.2) is 10.2 Å². The molecule has 3 aromatic carbocycles. The van der Waals surface area contributed by atoms with Crippen LogP contribution >= 0.6 is 46.1 Å². The van der Waals surface area contributed by atoms with Gasteiger partial charge in [-0.05, 0) is 36.4 Å². The summed E-state index contributed by atoms with van der Waals surface area (Å²) in [6.07, 6.45) is 1.25. The summed E-state index contributed by atoms with van der Waals surface area (Å²) in [6, 6.07) is 18.3. The molecule has 0 saturated heterocycles. The fourth-order valence-corrected chi connectivity index (χ4v) is 4.63. The Kier molecular flexibility index (Phi) is 7.67. The van der Waals surface area contributed by atoms with E-state index in [9.17, 15) is 14.4 Å². The minimum Gasteiger partial charge on any atom is -0.422 e. The largest absolute Gasteiger partial charge is 0.422 e. The molecule has 0 saturated carbocycles. The van der Waals surface area contributed by atoms with Crippen LogP contribution in [0.3, 0.4) is 0 Å². The number of hydrogen-bond acceptors (Lipinski definition) is 6. The number of nitrogens with zero attached hydrogens (tertiary/aromatic N) is 1. The zero-order valence-corrected chi connectivity index (χ0v) is 20.6. The molecule has 176 valence electrons. The SMILES string of the molecule is O=C(N/N=C/c1ccccc1OC(=O)c1sc2ccccc2c1Cl)C(=O)Nc1ccc(Cl)c(Cl)c1. The molecule has 0 aliphatic carbocycles. The van der Waals surface area contributed by atoms with E-state index in [1.54, 1.807) is 24.3 Å². The van der Waals surface area contributed by atoms with Crippen LogP contribution in [-0.2, 0) is 9.59 Å². The number of para-hydroxylation sites is 1. The molecule has 0 aliphatic heterocycles. The molecule has 0 aliphatic rings. The van der Waals surface area contributed by atoms with Gasteiger partial charge in [-0.15, -0.1) is 11.3 Å². The van der Waals surface area contributed by atoms with Crippen molar-refractivity contribution in [1.82, 2.24) is 5.43 Å². The van der Waals surface area contributed by atoms with Crippen LogP contribution in [0.2, 0.25) is 15.1 Å². The van der Waals surface area contributed by atoms with Crippen LogP contribution in [0.5, 0.6) is 5.75 Å². The van der Waals surface area contributed by atoms with Crippen LogP contribution in [0.4, 0.5) is 5.69 Å². The van der Waals surface area contributed by atoms with E-state index >= 15 is 0 Å². The number of halogens is 3. The summed E-state index contributed by atoms with van der Waals surface area (Å²) >= 11 is 19.3. The number of nitrogens with one attached hydrogen (secondary N) is 2. The lowest BCUT2D eigenvalue weighted by atomic mass is 10.2. The van der Waals surface area contributed by atoms with Crippen molar-refractivity contribution in [3.8, 4) is 5.75 Å². The summed E-state index contributed by atoms with van der Waals surface area (Å²) < 4.78 is 6.39. The second kappa shape index (κ2) is 10.9. The number of carbonyl (C=O) groups is 3. The van der Waals surface area contributed by atoms with Gasteiger partial charge in [-0.3, -0.25) is 9.59 Å². The summed E-state index contributed by atoms with van der Waals surface area (Å²) in [5.41, 5.74) is 2.80. The lowest BCUT2D eigenvalue weighted by Gasteiger charge is -2.07. The Morgan fingerprint density at radius 2 is 1.63 bits per heavy atom. The van der Waals surface area contributed by atoms with E-state index in [0.717, 1.165) is 10.1 Å². The molecule has 0 spiro atoms. The van der Waals surface area contributed by atoms with Crippen LogP contribution in [0.1, 0.15) is 15.2 Å². The first kappa shape index (κ1) is 24.7. The third kappa shape index (κ3) is 5.80. The van der Waals surface area contributed by atoms with E-state index in [2.05, 4.69) is 15.8 Å². The fourth-order valence-electron chi connectivity index (χ4n) is 2.94. The average molecular weight is 547 g/mol. The second-order valence-corrected chi connectivity index (χ2v) is 9.20. The third-order valence-corrected chi connectivity index (χ3v) is 6.99. The maximum atomic E-state index is 12.8. The van der Waals surface area contributed by atoms with E-state index in [1.807, 2.05) is 24.3 Å². The van der Waals surface area contributed by atoms with Gasteiger partial charge in [-0.1, -0.05) is 65.1 Å². The monoisotopic (exact) mass is 545 g/mol. The first-order chi connectivity index (χ1) is 16.8. The maximum Gasteiger partial charge on any atom is 0.355 e. The number of hydrazone groups is 1. The minimum atomic E-state index is -1.01. The number of carbonyl (C=O) groups excluding carboxylic acids is 3. The summed E-state index contributed by atoms with van der Waals surface area (Å²) in [5, 5.41) is 7.79. The molecule has 1 aromatic heterocycles. The molecule has 11 heteroatoms. The Hall–Kier alpha value is -3.43. The summed E-state index contributed by atoms with van der Waals surface area (Å²) in [6.45, 7) is 0. The highest BCUT2D eigenvalue weighted by Crippen LogP contribution is 2.36. The Labute approximate surface area is 218 Å². The predicted octanol–water partition coefficient (Wildman–Crippen LogP) is 6.17. The summed E-state index contributed by atoms with van der Waals surface area (Å²) in [7, 11) is 0. The van der Waals surface area contributed by atoms with Gasteiger partial charge < -0.3 is 10.1 Å². The molecule has 0 unspecified atom stereocenters. The van der Waals surface area contributed by atoms with Crippen molar-refractivity contribution in [3.05, 3.63) is 92.2 Å². The molecular weight excluding hydrogens is 533 g/mol. The Morgan fingerprint density at radius 3 is 2.40 bits per heavy atom. The van der Waals surface area contributed by atoms with E-state index in [1.165, 1.54) is 35.8 Å². The minimum absolute atomic E-state index is 0.198. The van der Waals surface area contributed by atoms with Crippen molar-refractivity contribution in [2.75, 3.05) is 5.32 Å². The van der Waals surface area contributed by atoms with Crippen LogP contribution < -0.4 is 15.5 Å². The van der Waals surface area contributed by atoms with E-state index < -0.39 is 17.8 Å². The number of rotatable bonds is 5. The number of esters is 1. The van der Waals surface area contributed by atoms with Crippen LogP contribution in [-0.4, -0.2) is 24.0 Å². The number of anilines is 1. The molecule has 0 fully saturated rings. The standard InChI is InChI=1S/C24H14Cl3N3O4S/c25-16-10-9-14(11-17(16)26)29-22(31)23(32)30-28-12-13-5-1-3-7-18(13)34-24(33)21-20(27)15-6-2-4-8-19(15)35-21/h1-12H,(H,29,31)(H,30,32)/b28-12+. The van der Waals surface area contributed by atoms with Gasteiger partial charge >= 0.3 is 17.8 Å². The molecule has 1 heterocycles. The van der Waals surface area contributed by atoms with E-state index in [0.29, 0.717) is 21.3 Å². The highest BCUT2D eigenvalue weighted by molar-refractivity contribution is 7.21. The predicted molar refractivity (Wildman–Crippen MR) is 139 cm³/mol. The number of benzene rings is 3. The smallest absolute Gasteiger partial charge is 0.355 e. The van der Waals surface area contributed by atoms with Crippen molar-refractivity contribution in [3.63, 3.8) is 0 Å². The van der Waals surface area contributed by atoms with Gasteiger partial charge in [-0.2, -0.15) is 5.10 Å². The molecule has 0 radical (unpaired) electrons. The van der Waals surface area contributed by atoms with Gasteiger partial charge in [0.05, 0.1) is 21.3 Å². The van der Waals surface area contributed by atoms with Crippen molar-refractivity contribution in [1.29, 1.82) is 0 Å². The number of fused-ring (bicyclic) bond motifs is 1. The highest BCUT2D eigenvalue weighted by atomic mass is 35.5. The van der Waals surface area contributed by atoms with Gasteiger partial charge in [0.1, 0.15) is 10.6 Å². The van der Waals surface area contributed by atoms with E-state index in [4.69, 9.17) is 39.5 Å². The van der Waals surface area contributed by atoms with Crippen molar-refractivity contribution < 1.29 is 19.1 Å². The van der Waals surface area contributed by atoms with Crippen LogP contribution in [0.15, 0.2) is 71.8 Å². The molecule has 7 nitrogen and oxygen atoms in total. The molecule has 4 aromatic rings. The van der Waals surface area contributed by atoms with Crippen molar-refractivity contribution in [2.24, 2.45) is 5.10 Å². The molecule has 4 rings (SSSR count). The second-order valence-electron chi connectivity index (χ2n) is 6.95. The van der Waals surface area contributed by atoms with Gasteiger partial charge in [0.25, 0.3) is 0 Å². The molecule has 2 N–H and O–H groups in total. The Balaban J connectivity index is 1.42. The fraction of sp³-hybridized carbons (Fsp3) is 0. The van der Waals surface area contributed by atoms with Gasteiger partial charge in [0.15, 0.2) is 0 Å². The quantitative estimate of drug-likeness (QED) is 0.103. The topological polar surface area (TPSA) is 96.9 Å². The first-order valence-electron chi connectivity index (χ1n) is 9.91. The third-order valence-electron chi connectivity index (χ3n) is 4.60. The van der Waals surface area contributed by atoms with Crippen LogP contribution in [0, 0.1) is 0 Å². The summed E-state index contributed by atoms with van der Waals surface area (Å²) in [4.78, 5) is 37.2. The zero-order valence-electron chi connectivity index (χ0n) is 17.6. The van der Waals surface area contributed by atoms with Crippen molar-refractivity contribution >= 4 is 85.9 Å². The lowest BCUT2D eigenvalue weighted by Crippen LogP contribution is -2.32.